The van der Waals surface area contributed by atoms with Crippen molar-refractivity contribution in [3.05, 3.63) is 47.5 Å². The predicted octanol–water partition coefficient (Wildman–Crippen LogP) is 5.66. The van der Waals surface area contributed by atoms with E-state index >= 15 is 0 Å². The van der Waals surface area contributed by atoms with Gasteiger partial charge in [-0.2, -0.15) is 5.10 Å². The average molecular weight is 372 g/mol. The monoisotopic (exact) mass is 371 g/mol. The summed E-state index contributed by atoms with van der Waals surface area (Å²) in [4.78, 5) is 8.59. The van der Waals surface area contributed by atoms with Crippen molar-refractivity contribution in [3.63, 3.8) is 0 Å². The summed E-state index contributed by atoms with van der Waals surface area (Å²) in [6.07, 6.45) is 11.4. The smallest absolute Gasteiger partial charge is 0.0921 e. The Bertz CT molecular complexity index is 817. The van der Waals surface area contributed by atoms with Gasteiger partial charge in [0.05, 0.1) is 34.5 Å². The molecule has 5 nitrogen and oxygen atoms in total. The molecule has 0 radical (unpaired) electrons. The number of pyridine rings is 1. The van der Waals surface area contributed by atoms with Crippen LogP contribution in [0, 0.1) is 0 Å². The summed E-state index contributed by atoms with van der Waals surface area (Å²) in [5.74, 6) is 0. The van der Waals surface area contributed by atoms with Crippen LogP contribution >= 0.6 is 11.6 Å². The molecule has 1 N–H and O–H groups in total. The Kier molecular flexibility index (Phi) is 7.16. The molecule has 0 aliphatic carbocycles. The molecule has 2 heterocycles. The van der Waals surface area contributed by atoms with E-state index in [0.717, 1.165) is 35.5 Å². The van der Waals surface area contributed by atoms with Gasteiger partial charge in [0.15, 0.2) is 0 Å². The van der Waals surface area contributed by atoms with Crippen LogP contribution in [0.3, 0.4) is 0 Å². The second kappa shape index (κ2) is 9.34. The highest BCUT2D eigenvalue weighted by molar-refractivity contribution is 6.33. The number of hydrogen-bond acceptors (Lipinski definition) is 4. The Balaban J connectivity index is 2.30. The molecule has 0 saturated carbocycles. The van der Waals surface area contributed by atoms with Crippen molar-refractivity contribution >= 4 is 29.7 Å². The van der Waals surface area contributed by atoms with Crippen molar-refractivity contribution in [2.24, 2.45) is 4.99 Å². The first kappa shape index (κ1) is 19.9. The third-order valence-electron chi connectivity index (χ3n) is 3.74. The molecular formula is C20H26ClN5. The molecule has 6 heteroatoms. The summed E-state index contributed by atoms with van der Waals surface area (Å²) in [5.41, 5.74) is 4.35. The third-order valence-corrected chi connectivity index (χ3v) is 4.02. The molecule has 26 heavy (non-hydrogen) atoms. The topological polar surface area (TPSA) is 55.1 Å². The fourth-order valence-corrected chi connectivity index (χ4v) is 2.83. The molecule has 0 unspecified atom stereocenters. The lowest BCUT2D eigenvalue weighted by Crippen LogP contribution is -2.09. The van der Waals surface area contributed by atoms with Gasteiger partial charge in [-0.25, -0.2) is 4.68 Å². The summed E-state index contributed by atoms with van der Waals surface area (Å²) in [5, 5.41) is 8.34. The standard InChI is InChI=1S/C20H26ClN5/c1-6-8-16(22-5)9-18(7-2)26-13-15(11-24-26)20-19(21)10-17(12-23-20)25-14(3)4/h7,9-14,25H,5-6,8H2,1-4H3/b16-9-,18-7+. The lowest BCUT2D eigenvalue weighted by atomic mass is 10.2. The molecule has 0 bridgehead atoms. The van der Waals surface area contributed by atoms with Crippen LogP contribution in [0.1, 0.15) is 40.5 Å². The van der Waals surface area contributed by atoms with Gasteiger partial charge in [-0.05, 0) is 46.1 Å². The van der Waals surface area contributed by atoms with E-state index in [4.69, 9.17) is 11.6 Å². The number of nitrogens with zero attached hydrogens (tertiary/aromatic N) is 4. The van der Waals surface area contributed by atoms with Crippen molar-refractivity contribution in [1.82, 2.24) is 14.8 Å². The second-order valence-electron chi connectivity index (χ2n) is 6.28. The van der Waals surface area contributed by atoms with Crippen molar-refractivity contribution in [1.29, 1.82) is 0 Å². The molecule has 2 aromatic rings. The van der Waals surface area contributed by atoms with E-state index in [1.54, 1.807) is 17.1 Å². The van der Waals surface area contributed by atoms with Gasteiger partial charge in [-0.1, -0.05) is 31.0 Å². The number of rotatable bonds is 8. The Morgan fingerprint density at radius 2 is 2.19 bits per heavy atom. The van der Waals surface area contributed by atoms with E-state index in [0.29, 0.717) is 16.8 Å². The molecule has 0 atom stereocenters. The zero-order valence-corrected chi connectivity index (χ0v) is 16.6. The molecule has 2 rings (SSSR count). The number of aliphatic imine (C=N–C) groups is 1. The van der Waals surface area contributed by atoms with Crippen molar-refractivity contribution < 1.29 is 0 Å². The van der Waals surface area contributed by atoms with Gasteiger partial charge >= 0.3 is 0 Å². The number of anilines is 1. The van der Waals surface area contributed by atoms with Crippen molar-refractivity contribution in [2.45, 2.75) is 46.6 Å². The van der Waals surface area contributed by atoms with E-state index in [9.17, 15) is 0 Å². The zero-order chi connectivity index (χ0) is 19.1. The molecule has 0 aromatic carbocycles. The van der Waals surface area contributed by atoms with Gasteiger partial charge in [0, 0.05) is 23.5 Å². The van der Waals surface area contributed by atoms with Gasteiger partial charge in [0.2, 0.25) is 0 Å². The maximum atomic E-state index is 6.43. The fraction of sp³-hybridized carbons (Fsp3) is 0.350. The lowest BCUT2D eigenvalue weighted by molar-refractivity contribution is 0.879. The van der Waals surface area contributed by atoms with E-state index < -0.39 is 0 Å². The SMILES string of the molecule is C=N/C(=C\C(=C/C)n1cc(-c2ncc(NC(C)C)cc2Cl)cn1)CCC. The largest absolute Gasteiger partial charge is 0.382 e. The Morgan fingerprint density at radius 1 is 1.42 bits per heavy atom. The number of allylic oxidation sites excluding steroid dienone is 4. The van der Waals surface area contributed by atoms with Crippen LogP contribution in [-0.4, -0.2) is 27.5 Å². The van der Waals surface area contributed by atoms with Crippen LogP contribution in [0.4, 0.5) is 5.69 Å². The highest BCUT2D eigenvalue weighted by Gasteiger charge is 2.11. The van der Waals surface area contributed by atoms with E-state index in [-0.39, 0.29) is 0 Å². The predicted molar refractivity (Wildman–Crippen MR) is 112 cm³/mol. The molecule has 0 fully saturated rings. The maximum absolute atomic E-state index is 6.43. The van der Waals surface area contributed by atoms with Gasteiger partial charge in [0.25, 0.3) is 0 Å². The van der Waals surface area contributed by atoms with Crippen molar-refractivity contribution in [2.75, 3.05) is 5.32 Å². The summed E-state index contributed by atoms with van der Waals surface area (Å²) >= 11 is 6.43. The number of hydrogen-bond donors (Lipinski definition) is 1. The van der Waals surface area contributed by atoms with E-state index in [2.05, 4.69) is 47.9 Å². The van der Waals surface area contributed by atoms with Crippen LogP contribution < -0.4 is 5.32 Å². The zero-order valence-electron chi connectivity index (χ0n) is 15.8. The maximum Gasteiger partial charge on any atom is 0.0921 e. The van der Waals surface area contributed by atoms with Crippen LogP contribution in [0.15, 0.2) is 47.5 Å². The highest BCUT2D eigenvalue weighted by atomic mass is 35.5. The van der Waals surface area contributed by atoms with E-state index in [1.165, 1.54) is 0 Å². The normalized spacial score (nSPS) is 12.5. The summed E-state index contributed by atoms with van der Waals surface area (Å²) in [6, 6.07) is 2.21. The Hall–Kier alpha value is -2.40. The molecule has 2 aromatic heterocycles. The first-order valence-corrected chi connectivity index (χ1v) is 9.17. The molecular weight excluding hydrogens is 346 g/mol. The van der Waals surface area contributed by atoms with Gasteiger partial charge in [-0.3, -0.25) is 9.98 Å². The summed E-state index contributed by atoms with van der Waals surface area (Å²) in [7, 11) is 0. The Labute approximate surface area is 160 Å². The number of nitrogens with one attached hydrogen (secondary N) is 1. The molecule has 138 valence electrons. The van der Waals surface area contributed by atoms with Crippen LogP contribution in [0.5, 0.6) is 0 Å². The van der Waals surface area contributed by atoms with Crippen LogP contribution in [0.2, 0.25) is 5.02 Å². The quantitative estimate of drug-likeness (QED) is 0.480. The first-order chi connectivity index (χ1) is 12.5. The van der Waals surface area contributed by atoms with Crippen LogP contribution in [0.25, 0.3) is 17.0 Å². The second-order valence-corrected chi connectivity index (χ2v) is 6.69. The van der Waals surface area contributed by atoms with Gasteiger partial charge in [-0.15, -0.1) is 0 Å². The summed E-state index contributed by atoms with van der Waals surface area (Å²) in [6.45, 7) is 11.9. The van der Waals surface area contributed by atoms with Gasteiger partial charge in [0.1, 0.15) is 0 Å². The summed E-state index contributed by atoms with van der Waals surface area (Å²) < 4.78 is 1.80. The molecule has 0 aliphatic rings. The molecule has 0 saturated heterocycles. The average Bonchev–Trinajstić information content (AvgIpc) is 3.07. The number of aromatic nitrogens is 3. The minimum absolute atomic E-state index is 0.321. The molecule has 0 amide bonds. The third kappa shape index (κ3) is 5.05. The van der Waals surface area contributed by atoms with Crippen LogP contribution in [-0.2, 0) is 0 Å². The fourth-order valence-electron chi connectivity index (χ4n) is 2.55. The van der Waals surface area contributed by atoms with E-state index in [1.807, 2.05) is 31.3 Å². The lowest BCUT2D eigenvalue weighted by Gasteiger charge is -2.10. The van der Waals surface area contributed by atoms with Crippen molar-refractivity contribution in [3.8, 4) is 11.3 Å². The highest BCUT2D eigenvalue weighted by Crippen LogP contribution is 2.28. The Morgan fingerprint density at radius 3 is 2.77 bits per heavy atom. The minimum atomic E-state index is 0.321. The minimum Gasteiger partial charge on any atom is -0.382 e. The molecule has 0 aliphatic heterocycles. The molecule has 0 spiro atoms. The first-order valence-electron chi connectivity index (χ1n) is 8.79. The number of halogens is 1. The van der Waals surface area contributed by atoms with Gasteiger partial charge < -0.3 is 5.32 Å².